The minimum absolute atomic E-state index is 0.0635. The van der Waals surface area contributed by atoms with Gasteiger partial charge < -0.3 is 4.57 Å². The van der Waals surface area contributed by atoms with Crippen molar-refractivity contribution in [1.29, 1.82) is 0 Å². The second kappa shape index (κ2) is 7.42. The first-order chi connectivity index (χ1) is 18.3. The zero-order chi connectivity index (χ0) is 24.5. The smallest absolute Gasteiger partial charge is 0.267 e. The van der Waals surface area contributed by atoms with Crippen LogP contribution in [0.4, 0.5) is 0 Å². The zero-order valence-electron chi connectivity index (χ0n) is 19.7. The molecule has 0 atom stereocenters. The zero-order valence-corrected chi connectivity index (χ0v) is 19.7. The van der Waals surface area contributed by atoms with E-state index in [4.69, 9.17) is 4.98 Å². The van der Waals surface area contributed by atoms with Crippen molar-refractivity contribution in [2.45, 2.75) is 0 Å². The first-order valence-electron chi connectivity index (χ1n) is 12.3. The molecule has 0 N–H and O–H groups in total. The highest BCUT2D eigenvalue weighted by Crippen LogP contribution is 2.37. The maximum Gasteiger partial charge on any atom is 0.267 e. The molecule has 0 saturated carbocycles. The molecule has 8 aromatic rings. The third-order valence-electron chi connectivity index (χ3n) is 7.25. The van der Waals surface area contributed by atoms with Crippen LogP contribution in [-0.4, -0.2) is 18.5 Å². The Balaban J connectivity index is 1.62. The first-order valence-corrected chi connectivity index (χ1v) is 12.3. The Labute approximate surface area is 211 Å². The van der Waals surface area contributed by atoms with Crippen molar-refractivity contribution < 1.29 is 0 Å². The average molecular weight is 477 g/mol. The van der Waals surface area contributed by atoms with Gasteiger partial charge in [-0.3, -0.25) is 9.36 Å². The molecule has 37 heavy (non-hydrogen) atoms. The predicted octanol–water partition coefficient (Wildman–Crippen LogP) is 6.89. The molecule has 0 aliphatic carbocycles. The maximum absolute atomic E-state index is 13.9. The lowest BCUT2D eigenvalue weighted by Gasteiger charge is -2.12. The molecule has 8 rings (SSSR count). The minimum Gasteiger partial charge on any atom is -0.309 e. The number of hydrogen-bond donors (Lipinski definition) is 0. The molecular weight excluding hydrogens is 456 g/mol. The van der Waals surface area contributed by atoms with Crippen LogP contribution in [0.5, 0.6) is 0 Å². The van der Waals surface area contributed by atoms with Crippen LogP contribution < -0.4 is 5.56 Å². The molecule has 3 aromatic heterocycles. The van der Waals surface area contributed by atoms with Crippen LogP contribution >= 0.6 is 0 Å². The molecule has 3 heterocycles. The Bertz CT molecular complexity index is 2200. The molecule has 0 saturated heterocycles. The number of para-hydroxylation sites is 4. The van der Waals surface area contributed by atoms with Crippen LogP contribution in [0.15, 0.2) is 126 Å². The lowest BCUT2D eigenvalue weighted by atomic mass is 10.1. The van der Waals surface area contributed by atoms with E-state index in [0.717, 1.165) is 49.7 Å². The molecule has 174 valence electrons. The van der Waals surface area contributed by atoms with Crippen LogP contribution in [0.3, 0.4) is 0 Å². The summed E-state index contributed by atoms with van der Waals surface area (Å²) in [5.74, 6) is 0.606. The fourth-order valence-electron chi connectivity index (χ4n) is 5.70. The van der Waals surface area contributed by atoms with E-state index in [0.29, 0.717) is 11.2 Å². The number of fused-ring (bicyclic) bond motifs is 8. The van der Waals surface area contributed by atoms with Crippen LogP contribution in [0.1, 0.15) is 0 Å². The largest absolute Gasteiger partial charge is 0.309 e. The van der Waals surface area contributed by atoms with Crippen LogP contribution in [-0.2, 0) is 0 Å². The molecule has 0 spiro atoms. The highest BCUT2D eigenvalue weighted by molar-refractivity contribution is 6.20. The standard InChI is InChI=1S/C32H20N4O/c37-31-24-16-8-10-18-26(24)35(22-13-5-2-6-14-22)32-33-30-28(36(31)32)20-19-27-29(30)23-15-7-9-17-25(23)34(27)21-11-3-1-4-12-21/h1-20H. The lowest BCUT2D eigenvalue weighted by molar-refractivity contribution is 1.02. The van der Waals surface area contributed by atoms with Gasteiger partial charge in [-0.2, -0.15) is 0 Å². The van der Waals surface area contributed by atoms with Gasteiger partial charge >= 0.3 is 0 Å². The van der Waals surface area contributed by atoms with Crippen LogP contribution in [0.25, 0.3) is 60.9 Å². The van der Waals surface area contributed by atoms with Gasteiger partial charge in [0, 0.05) is 22.1 Å². The van der Waals surface area contributed by atoms with Gasteiger partial charge in [0.25, 0.3) is 5.56 Å². The molecule has 0 amide bonds. The average Bonchev–Trinajstić information content (AvgIpc) is 3.50. The Kier molecular flexibility index (Phi) is 4.03. The van der Waals surface area contributed by atoms with Crippen molar-refractivity contribution in [2.24, 2.45) is 0 Å². The predicted molar refractivity (Wildman–Crippen MR) is 150 cm³/mol. The van der Waals surface area contributed by atoms with Gasteiger partial charge in [0.2, 0.25) is 5.78 Å². The topological polar surface area (TPSA) is 44.2 Å². The summed E-state index contributed by atoms with van der Waals surface area (Å²) >= 11 is 0. The second-order valence-electron chi connectivity index (χ2n) is 9.26. The van der Waals surface area contributed by atoms with Crippen molar-refractivity contribution in [3.8, 4) is 11.4 Å². The minimum atomic E-state index is -0.0635. The van der Waals surface area contributed by atoms with E-state index in [1.54, 1.807) is 4.40 Å². The summed E-state index contributed by atoms with van der Waals surface area (Å²) < 4.78 is 6.12. The van der Waals surface area contributed by atoms with Crippen molar-refractivity contribution in [1.82, 2.24) is 18.5 Å². The molecule has 0 aliphatic rings. The number of hydrogen-bond acceptors (Lipinski definition) is 2. The van der Waals surface area contributed by atoms with Crippen LogP contribution in [0.2, 0.25) is 0 Å². The van der Waals surface area contributed by atoms with E-state index < -0.39 is 0 Å². The van der Waals surface area contributed by atoms with E-state index >= 15 is 0 Å². The summed E-state index contributed by atoms with van der Waals surface area (Å²) in [6, 6.07) is 40.8. The molecule has 5 nitrogen and oxygen atoms in total. The Hall–Kier alpha value is -5.16. The van der Waals surface area contributed by atoms with Crippen molar-refractivity contribution >= 4 is 49.5 Å². The van der Waals surface area contributed by atoms with Gasteiger partial charge in [-0.15, -0.1) is 0 Å². The normalized spacial score (nSPS) is 11.9. The van der Waals surface area contributed by atoms with Crippen molar-refractivity contribution in [2.75, 3.05) is 0 Å². The highest BCUT2D eigenvalue weighted by Gasteiger charge is 2.21. The van der Waals surface area contributed by atoms with Crippen LogP contribution in [0, 0.1) is 0 Å². The van der Waals surface area contributed by atoms with Gasteiger partial charge in [-0.25, -0.2) is 9.38 Å². The second-order valence-corrected chi connectivity index (χ2v) is 9.26. The summed E-state index contributed by atoms with van der Waals surface area (Å²) in [4.78, 5) is 19.1. The van der Waals surface area contributed by atoms with Crippen molar-refractivity contribution in [3.63, 3.8) is 0 Å². The third kappa shape index (κ3) is 2.68. The van der Waals surface area contributed by atoms with E-state index in [1.165, 1.54) is 0 Å². The fraction of sp³-hybridized carbons (Fsp3) is 0. The SMILES string of the molecule is O=c1c2ccccc2n(-c2ccccc2)c2nc3c4c5ccccc5n(-c5ccccc5)c4ccc3n12. The van der Waals surface area contributed by atoms with Gasteiger partial charge in [0.05, 0.1) is 27.5 Å². The number of aromatic nitrogens is 4. The molecule has 0 aliphatic heterocycles. The Morgan fingerprint density at radius 2 is 1.03 bits per heavy atom. The maximum atomic E-state index is 13.9. The third-order valence-corrected chi connectivity index (χ3v) is 7.25. The number of rotatable bonds is 2. The van der Waals surface area contributed by atoms with Crippen molar-refractivity contribution in [3.05, 3.63) is 132 Å². The van der Waals surface area contributed by atoms with E-state index in [1.807, 2.05) is 66.7 Å². The van der Waals surface area contributed by atoms with E-state index in [2.05, 4.69) is 63.7 Å². The molecule has 0 fully saturated rings. The number of benzene rings is 5. The van der Waals surface area contributed by atoms with E-state index in [-0.39, 0.29) is 5.56 Å². The summed E-state index contributed by atoms with van der Waals surface area (Å²) in [6.07, 6.45) is 0. The molecule has 0 unspecified atom stereocenters. The van der Waals surface area contributed by atoms with Gasteiger partial charge in [-0.05, 0) is 54.6 Å². The van der Waals surface area contributed by atoms with Gasteiger partial charge in [-0.1, -0.05) is 66.7 Å². The number of nitrogens with zero attached hydrogens (tertiary/aromatic N) is 4. The molecular formula is C32H20N4O. The molecule has 5 heteroatoms. The Morgan fingerprint density at radius 1 is 0.486 bits per heavy atom. The first kappa shape index (κ1) is 20.1. The lowest BCUT2D eigenvalue weighted by Crippen LogP contribution is -2.18. The highest BCUT2D eigenvalue weighted by atomic mass is 16.1. The summed E-state index contributed by atoms with van der Waals surface area (Å²) in [5.41, 5.74) is 6.62. The van der Waals surface area contributed by atoms with Gasteiger partial charge in [0.1, 0.15) is 5.52 Å². The monoisotopic (exact) mass is 476 g/mol. The molecule has 5 aromatic carbocycles. The Morgan fingerprint density at radius 3 is 1.73 bits per heavy atom. The fourth-order valence-corrected chi connectivity index (χ4v) is 5.70. The quantitative estimate of drug-likeness (QED) is 0.273. The van der Waals surface area contributed by atoms with E-state index in [9.17, 15) is 4.79 Å². The number of imidazole rings is 1. The summed E-state index contributed by atoms with van der Waals surface area (Å²) in [5, 5.41) is 2.81. The summed E-state index contributed by atoms with van der Waals surface area (Å²) in [7, 11) is 0. The summed E-state index contributed by atoms with van der Waals surface area (Å²) in [6.45, 7) is 0. The molecule has 0 bridgehead atoms. The molecule has 0 radical (unpaired) electrons. The van der Waals surface area contributed by atoms with Gasteiger partial charge in [0.15, 0.2) is 0 Å².